The van der Waals surface area contributed by atoms with Crippen LogP contribution in [0, 0.1) is 5.92 Å². The lowest BCUT2D eigenvalue weighted by atomic mass is 10.2. The summed E-state index contributed by atoms with van der Waals surface area (Å²) in [5, 5.41) is 4.19. The van der Waals surface area contributed by atoms with Gasteiger partial charge in [0.15, 0.2) is 0 Å². The smallest absolute Gasteiger partial charge is 0.120 e. The van der Waals surface area contributed by atoms with Crippen molar-refractivity contribution in [1.29, 1.82) is 0 Å². The zero-order valence-electron chi connectivity index (χ0n) is 9.58. The van der Waals surface area contributed by atoms with Crippen LogP contribution in [0.5, 0.6) is 5.75 Å². The summed E-state index contributed by atoms with van der Waals surface area (Å²) in [6, 6.07) is 8.14. The molecule has 0 radical (unpaired) electrons. The van der Waals surface area contributed by atoms with Gasteiger partial charge in [-0.25, -0.2) is 0 Å². The maximum atomic E-state index is 5.86. The van der Waals surface area contributed by atoms with E-state index in [9.17, 15) is 0 Å². The maximum absolute atomic E-state index is 5.86. The molecule has 0 saturated heterocycles. The monoisotopic (exact) mass is 239 g/mol. The number of halogens is 1. The topological polar surface area (TPSA) is 21.3 Å². The van der Waals surface area contributed by atoms with Gasteiger partial charge < -0.3 is 10.1 Å². The Morgan fingerprint density at radius 3 is 3.00 bits per heavy atom. The van der Waals surface area contributed by atoms with E-state index in [1.54, 1.807) is 0 Å². The van der Waals surface area contributed by atoms with E-state index in [0.717, 1.165) is 23.2 Å². The molecule has 1 aliphatic rings. The highest BCUT2D eigenvalue weighted by Gasteiger charge is 2.27. The van der Waals surface area contributed by atoms with Crippen LogP contribution >= 0.6 is 11.6 Å². The SMILES string of the molecule is CC(NCCOc1cccc(Cl)c1)C1CC1. The number of hydrogen-bond donors (Lipinski definition) is 1. The zero-order chi connectivity index (χ0) is 11.4. The summed E-state index contributed by atoms with van der Waals surface area (Å²) >= 11 is 5.86. The fraction of sp³-hybridized carbons (Fsp3) is 0.538. The molecule has 0 aromatic heterocycles. The zero-order valence-corrected chi connectivity index (χ0v) is 10.3. The van der Waals surface area contributed by atoms with Crippen molar-refractivity contribution in [3.8, 4) is 5.75 Å². The molecule has 0 amide bonds. The number of rotatable bonds is 6. The predicted molar refractivity (Wildman–Crippen MR) is 67.1 cm³/mol. The third kappa shape index (κ3) is 3.69. The van der Waals surface area contributed by atoms with Crippen molar-refractivity contribution >= 4 is 11.6 Å². The molecule has 1 aromatic rings. The second-order valence-corrected chi connectivity index (χ2v) is 4.82. The molecule has 0 spiro atoms. The molecular weight excluding hydrogens is 222 g/mol. The molecule has 0 aliphatic heterocycles. The Kier molecular flexibility index (Phi) is 4.08. The van der Waals surface area contributed by atoms with Gasteiger partial charge in [-0.2, -0.15) is 0 Å². The van der Waals surface area contributed by atoms with E-state index in [0.29, 0.717) is 12.6 Å². The van der Waals surface area contributed by atoms with Crippen molar-refractivity contribution in [1.82, 2.24) is 5.32 Å². The molecule has 2 rings (SSSR count). The van der Waals surface area contributed by atoms with E-state index in [4.69, 9.17) is 16.3 Å². The summed E-state index contributed by atoms with van der Waals surface area (Å²) in [6.45, 7) is 3.83. The molecule has 1 fully saturated rings. The Balaban J connectivity index is 1.63. The van der Waals surface area contributed by atoms with Gasteiger partial charge in [0.05, 0.1) is 0 Å². The van der Waals surface area contributed by atoms with E-state index >= 15 is 0 Å². The van der Waals surface area contributed by atoms with Crippen LogP contribution in [-0.2, 0) is 0 Å². The number of ether oxygens (including phenoxy) is 1. The normalized spacial score (nSPS) is 17.1. The highest BCUT2D eigenvalue weighted by Crippen LogP contribution is 2.32. The van der Waals surface area contributed by atoms with E-state index in [1.807, 2.05) is 24.3 Å². The first kappa shape index (κ1) is 11.7. The predicted octanol–water partition coefficient (Wildman–Crippen LogP) is 3.11. The first-order valence-electron chi connectivity index (χ1n) is 5.87. The Bertz CT molecular complexity index is 338. The van der Waals surface area contributed by atoms with Gasteiger partial charge in [-0.3, -0.25) is 0 Å². The van der Waals surface area contributed by atoms with Gasteiger partial charge in [0, 0.05) is 17.6 Å². The Morgan fingerprint density at radius 2 is 2.31 bits per heavy atom. The van der Waals surface area contributed by atoms with Crippen LogP contribution in [-0.4, -0.2) is 19.2 Å². The minimum absolute atomic E-state index is 0.628. The van der Waals surface area contributed by atoms with E-state index < -0.39 is 0 Å². The van der Waals surface area contributed by atoms with Crippen molar-refractivity contribution < 1.29 is 4.74 Å². The van der Waals surface area contributed by atoms with E-state index in [2.05, 4.69) is 12.2 Å². The van der Waals surface area contributed by atoms with Crippen LogP contribution in [0.1, 0.15) is 19.8 Å². The molecule has 1 N–H and O–H groups in total. The lowest BCUT2D eigenvalue weighted by Crippen LogP contribution is -2.31. The fourth-order valence-electron chi connectivity index (χ4n) is 1.78. The average molecular weight is 240 g/mol. The Hall–Kier alpha value is -0.730. The third-order valence-electron chi connectivity index (χ3n) is 2.96. The highest BCUT2D eigenvalue weighted by atomic mass is 35.5. The number of hydrogen-bond acceptors (Lipinski definition) is 2. The first-order valence-corrected chi connectivity index (χ1v) is 6.25. The second kappa shape index (κ2) is 5.55. The summed E-state index contributed by atoms with van der Waals surface area (Å²) in [7, 11) is 0. The van der Waals surface area contributed by atoms with Crippen molar-refractivity contribution in [3.05, 3.63) is 29.3 Å². The Morgan fingerprint density at radius 1 is 1.50 bits per heavy atom. The van der Waals surface area contributed by atoms with Crippen molar-refractivity contribution in [2.45, 2.75) is 25.8 Å². The van der Waals surface area contributed by atoms with Gasteiger partial charge in [0.2, 0.25) is 0 Å². The number of benzene rings is 1. The fourth-order valence-corrected chi connectivity index (χ4v) is 1.96. The standard InChI is InChI=1S/C13H18ClNO/c1-10(11-5-6-11)15-7-8-16-13-4-2-3-12(14)9-13/h2-4,9-11,15H,5-8H2,1H3. The molecular formula is C13H18ClNO. The van der Waals surface area contributed by atoms with Crippen LogP contribution in [0.3, 0.4) is 0 Å². The molecule has 2 nitrogen and oxygen atoms in total. The molecule has 88 valence electrons. The lowest BCUT2D eigenvalue weighted by molar-refractivity contribution is 0.303. The van der Waals surface area contributed by atoms with Crippen molar-refractivity contribution in [3.63, 3.8) is 0 Å². The van der Waals surface area contributed by atoms with Crippen LogP contribution in [0.2, 0.25) is 5.02 Å². The van der Waals surface area contributed by atoms with Gasteiger partial charge in [-0.1, -0.05) is 17.7 Å². The molecule has 1 unspecified atom stereocenters. The van der Waals surface area contributed by atoms with Crippen molar-refractivity contribution in [2.75, 3.05) is 13.2 Å². The molecule has 0 bridgehead atoms. The highest BCUT2D eigenvalue weighted by molar-refractivity contribution is 6.30. The van der Waals surface area contributed by atoms with Crippen LogP contribution in [0.4, 0.5) is 0 Å². The lowest BCUT2D eigenvalue weighted by Gasteiger charge is -2.13. The molecule has 1 atom stereocenters. The van der Waals surface area contributed by atoms with E-state index in [1.165, 1.54) is 12.8 Å². The van der Waals surface area contributed by atoms with Crippen LogP contribution in [0.25, 0.3) is 0 Å². The Labute approximate surface area is 102 Å². The summed E-state index contributed by atoms with van der Waals surface area (Å²) in [5.74, 6) is 1.74. The molecule has 1 saturated carbocycles. The average Bonchev–Trinajstić information content (AvgIpc) is 3.08. The van der Waals surface area contributed by atoms with Gasteiger partial charge in [0.25, 0.3) is 0 Å². The van der Waals surface area contributed by atoms with Gasteiger partial charge in [-0.05, 0) is 43.9 Å². The third-order valence-corrected chi connectivity index (χ3v) is 3.20. The molecule has 16 heavy (non-hydrogen) atoms. The maximum Gasteiger partial charge on any atom is 0.120 e. The van der Waals surface area contributed by atoms with Gasteiger partial charge >= 0.3 is 0 Å². The summed E-state index contributed by atoms with van der Waals surface area (Å²) < 4.78 is 5.59. The molecule has 1 aromatic carbocycles. The first-order chi connectivity index (χ1) is 7.75. The summed E-state index contributed by atoms with van der Waals surface area (Å²) in [5.41, 5.74) is 0. The minimum Gasteiger partial charge on any atom is -0.492 e. The van der Waals surface area contributed by atoms with Gasteiger partial charge in [0.1, 0.15) is 12.4 Å². The molecule has 1 aliphatic carbocycles. The minimum atomic E-state index is 0.628. The van der Waals surface area contributed by atoms with Crippen molar-refractivity contribution in [2.24, 2.45) is 5.92 Å². The van der Waals surface area contributed by atoms with Crippen LogP contribution < -0.4 is 10.1 Å². The molecule has 0 heterocycles. The van der Waals surface area contributed by atoms with Gasteiger partial charge in [-0.15, -0.1) is 0 Å². The molecule has 3 heteroatoms. The number of nitrogens with one attached hydrogen (secondary N) is 1. The van der Waals surface area contributed by atoms with E-state index in [-0.39, 0.29) is 0 Å². The quantitative estimate of drug-likeness (QED) is 0.771. The summed E-state index contributed by atoms with van der Waals surface area (Å²) in [6.07, 6.45) is 2.76. The second-order valence-electron chi connectivity index (χ2n) is 4.39. The summed E-state index contributed by atoms with van der Waals surface area (Å²) in [4.78, 5) is 0. The largest absolute Gasteiger partial charge is 0.492 e. The van der Waals surface area contributed by atoms with Crippen LogP contribution in [0.15, 0.2) is 24.3 Å².